The molecule has 0 aliphatic heterocycles. The van der Waals surface area contributed by atoms with E-state index < -0.39 is 23.3 Å². The Kier molecular flexibility index (Phi) is 9.17. The number of benzene rings is 2. The van der Waals surface area contributed by atoms with Crippen molar-refractivity contribution in [1.29, 1.82) is 0 Å². The van der Waals surface area contributed by atoms with Gasteiger partial charge in [-0.3, -0.25) is 0 Å². The number of aromatic carboxylic acids is 1. The van der Waals surface area contributed by atoms with E-state index in [0.717, 1.165) is 22.6 Å². The zero-order valence-corrected chi connectivity index (χ0v) is 20.7. The fourth-order valence-corrected chi connectivity index (χ4v) is 4.41. The Bertz CT molecular complexity index is 1130. The molecule has 0 saturated heterocycles. The molecule has 33 heavy (non-hydrogen) atoms. The molecule has 178 valence electrons. The van der Waals surface area contributed by atoms with E-state index >= 15 is 0 Å². The van der Waals surface area contributed by atoms with Gasteiger partial charge >= 0.3 is 12.1 Å². The van der Waals surface area contributed by atoms with E-state index in [9.17, 15) is 23.1 Å². The van der Waals surface area contributed by atoms with E-state index in [1.54, 1.807) is 18.2 Å². The summed E-state index contributed by atoms with van der Waals surface area (Å²) in [7, 11) is 0. The summed E-state index contributed by atoms with van der Waals surface area (Å²) >= 11 is 13.4. The van der Waals surface area contributed by atoms with Crippen molar-refractivity contribution in [3.8, 4) is 11.3 Å². The number of carbonyl (C=O) groups is 1. The molecule has 0 bridgehead atoms. The number of thiazole rings is 1. The number of alkyl halides is 3. The van der Waals surface area contributed by atoms with Crippen molar-refractivity contribution in [3.63, 3.8) is 0 Å². The second-order valence-electron chi connectivity index (χ2n) is 7.24. The zero-order chi connectivity index (χ0) is 24.9. The highest BCUT2D eigenvalue weighted by Crippen LogP contribution is 2.38. The molecule has 2 N–H and O–H groups in total. The van der Waals surface area contributed by atoms with Crippen LogP contribution in [0, 0.1) is 5.92 Å². The lowest BCUT2D eigenvalue weighted by Gasteiger charge is -2.11. The minimum atomic E-state index is -4.68. The second-order valence-corrected chi connectivity index (χ2v) is 9.14. The zero-order valence-electron chi connectivity index (χ0n) is 18.3. The van der Waals surface area contributed by atoms with E-state index in [-0.39, 0.29) is 5.69 Å². The molecule has 0 aliphatic rings. The summed E-state index contributed by atoms with van der Waals surface area (Å²) in [4.78, 5) is 16.7. The maximum absolute atomic E-state index is 13.2. The molecule has 0 atom stereocenters. The molecule has 0 saturated carbocycles. The van der Waals surface area contributed by atoms with Crippen LogP contribution in [0.4, 0.5) is 24.0 Å². The number of nitrogens with zero attached hydrogens (tertiary/aromatic N) is 1. The van der Waals surface area contributed by atoms with Crippen LogP contribution in [0.5, 0.6) is 0 Å². The van der Waals surface area contributed by atoms with Crippen LogP contribution in [0.25, 0.3) is 11.3 Å². The molecule has 0 unspecified atom stereocenters. The molecule has 4 nitrogen and oxygen atoms in total. The summed E-state index contributed by atoms with van der Waals surface area (Å²) in [6, 6.07) is 7.69. The molecular formula is C23H23Cl2F3N2O2S. The van der Waals surface area contributed by atoms with Gasteiger partial charge in [-0.05, 0) is 42.7 Å². The first kappa shape index (κ1) is 27.0. The first-order chi connectivity index (χ1) is 15.4. The Morgan fingerprint density at radius 3 is 2.33 bits per heavy atom. The highest BCUT2D eigenvalue weighted by molar-refractivity contribution is 7.16. The van der Waals surface area contributed by atoms with Crippen LogP contribution in [0.1, 0.15) is 48.5 Å². The Balaban J connectivity index is 0.00000187. The van der Waals surface area contributed by atoms with Gasteiger partial charge in [-0.25, -0.2) is 9.78 Å². The van der Waals surface area contributed by atoms with Crippen molar-refractivity contribution >= 4 is 51.3 Å². The van der Waals surface area contributed by atoms with E-state index in [1.165, 1.54) is 11.3 Å². The SMILES string of the molecule is CC.CC(C)Cc1sc(Nc2cc(C(=O)O)cc(C(F)(F)F)c2)nc1-c1ccc(Cl)c(Cl)c1. The Hall–Kier alpha value is -2.29. The van der Waals surface area contributed by atoms with Crippen molar-refractivity contribution in [3.05, 3.63) is 62.4 Å². The second kappa shape index (κ2) is 11.2. The van der Waals surface area contributed by atoms with Crippen LogP contribution in [0.3, 0.4) is 0 Å². The third-order valence-corrected chi connectivity index (χ3v) is 5.97. The first-order valence-corrected chi connectivity index (χ1v) is 11.7. The van der Waals surface area contributed by atoms with Gasteiger partial charge in [0.1, 0.15) is 0 Å². The topological polar surface area (TPSA) is 62.2 Å². The monoisotopic (exact) mass is 518 g/mol. The lowest BCUT2D eigenvalue weighted by Crippen LogP contribution is -2.08. The van der Waals surface area contributed by atoms with Crippen LogP contribution < -0.4 is 5.32 Å². The third kappa shape index (κ3) is 7.09. The number of hydrogen-bond acceptors (Lipinski definition) is 4. The van der Waals surface area contributed by atoms with Gasteiger partial charge in [0.05, 0.1) is 26.9 Å². The fourth-order valence-electron chi connectivity index (χ4n) is 2.89. The summed E-state index contributed by atoms with van der Waals surface area (Å²) in [5, 5.41) is 13.1. The Labute approximate surface area is 204 Å². The van der Waals surface area contributed by atoms with Crippen LogP contribution in [0.15, 0.2) is 36.4 Å². The average molecular weight is 519 g/mol. The van der Waals surface area contributed by atoms with E-state index in [1.807, 2.05) is 27.7 Å². The molecular weight excluding hydrogens is 496 g/mol. The molecule has 0 radical (unpaired) electrons. The number of anilines is 2. The standard InChI is InChI=1S/C21H17Cl2F3N2O2S.C2H6/c1-10(2)5-17-18(11-3-4-15(22)16(23)8-11)28-20(31-17)27-14-7-12(19(29)30)6-13(9-14)21(24,25)26;1-2/h3-4,6-10H,5H2,1-2H3,(H,27,28)(H,29,30);1-2H3. The lowest BCUT2D eigenvalue weighted by atomic mass is 10.0. The van der Waals surface area contributed by atoms with Gasteiger partial charge in [-0.15, -0.1) is 11.3 Å². The van der Waals surface area contributed by atoms with Gasteiger partial charge in [0.25, 0.3) is 0 Å². The number of hydrogen-bond donors (Lipinski definition) is 2. The van der Waals surface area contributed by atoms with Crippen molar-refractivity contribution in [2.75, 3.05) is 5.32 Å². The van der Waals surface area contributed by atoms with Crippen LogP contribution in [0.2, 0.25) is 10.0 Å². The highest BCUT2D eigenvalue weighted by Gasteiger charge is 2.32. The quantitative estimate of drug-likeness (QED) is 0.342. The summed E-state index contributed by atoms with van der Waals surface area (Å²) < 4.78 is 39.6. The third-order valence-electron chi connectivity index (χ3n) is 4.24. The molecule has 0 fully saturated rings. The molecule has 1 aromatic heterocycles. The van der Waals surface area contributed by atoms with Crippen molar-refractivity contribution < 1.29 is 23.1 Å². The van der Waals surface area contributed by atoms with Gasteiger partial charge in [0, 0.05) is 16.1 Å². The molecule has 0 amide bonds. The van der Waals surface area contributed by atoms with Crippen molar-refractivity contribution in [1.82, 2.24) is 4.98 Å². The minimum Gasteiger partial charge on any atom is -0.478 e. The van der Waals surface area contributed by atoms with E-state index in [4.69, 9.17) is 23.2 Å². The fraction of sp³-hybridized carbons (Fsp3) is 0.304. The number of rotatable bonds is 6. The summed E-state index contributed by atoms with van der Waals surface area (Å²) in [5.74, 6) is -1.15. The van der Waals surface area contributed by atoms with Crippen molar-refractivity contribution in [2.45, 2.75) is 40.3 Å². The maximum atomic E-state index is 13.2. The highest BCUT2D eigenvalue weighted by atomic mass is 35.5. The Morgan fingerprint density at radius 2 is 1.79 bits per heavy atom. The van der Waals surface area contributed by atoms with E-state index in [2.05, 4.69) is 10.3 Å². The maximum Gasteiger partial charge on any atom is 0.416 e. The van der Waals surface area contributed by atoms with Crippen LogP contribution >= 0.6 is 34.5 Å². The molecule has 0 aliphatic carbocycles. The average Bonchev–Trinajstić information content (AvgIpc) is 3.12. The largest absolute Gasteiger partial charge is 0.478 e. The normalized spacial score (nSPS) is 11.2. The predicted molar refractivity (Wildman–Crippen MR) is 129 cm³/mol. The van der Waals surface area contributed by atoms with Crippen LogP contribution in [-0.2, 0) is 12.6 Å². The van der Waals surface area contributed by atoms with Gasteiger partial charge in [0.15, 0.2) is 5.13 Å². The number of nitrogens with one attached hydrogen (secondary N) is 1. The van der Waals surface area contributed by atoms with Gasteiger partial charge in [0.2, 0.25) is 0 Å². The molecule has 2 aromatic carbocycles. The summed E-state index contributed by atoms with van der Waals surface area (Å²) in [5.41, 5.74) is -0.174. The smallest absolute Gasteiger partial charge is 0.416 e. The number of carboxylic acid groups (broad SMARTS) is 1. The van der Waals surface area contributed by atoms with Crippen LogP contribution in [-0.4, -0.2) is 16.1 Å². The molecule has 3 aromatic rings. The molecule has 1 heterocycles. The number of aromatic nitrogens is 1. The summed E-state index contributed by atoms with van der Waals surface area (Å²) in [6.07, 6.45) is -3.99. The number of halogens is 5. The predicted octanol–water partition coefficient (Wildman–Crippen LogP) is 8.80. The molecule has 0 spiro atoms. The molecule has 3 rings (SSSR count). The Morgan fingerprint density at radius 1 is 1.12 bits per heavy atom. The van der Waals surface area contributed by atoms with Crippen molar-refractivity contribution in [2.24, 2.45) is 5.92 Å². The van der Waals surface area contributed by atoms with Gasteiger partial charge in [-0.1, -0.05) is 57.0 Å². The van der Waals surface area contributed by atoms with E-state index in [0.29, 0.717) is 39.3 Å². The minimum absolute atomic E-state index is 0.0160. The first-order valence-electron chi connectivity index (χ1n) is 10.1. The van der Waals surface area contributed by atoms with Gasteiger partial charge in [-0.2, -0.15) is 13.2 Å². The lowest BCUT2D eigenvalue weighted by molar-refractivity contribution is -0.137. The number of carboxylic acids is 1. The van der Waals surface area contributed by atoms with Gasteiger partial charge < -0.3 is 10.4 Å². The molecule has 10 heteroatoms. The summed E-state index contributed by atoms with van der Waals surface area (Å²) in [6.45, 7) is 8.08.